The third kappa shape index (κ3) is 5.16. The summed E-state index contributed by atoms with van der Waals surface area (Å²) in [4.78, 5) is 21.2. The first-order valence-corrected chi connectivity index (χ1v) is 5.17. The third-order valence-electron chi connectivity index (χ3n) is 0.547. The maximum absolute atomic E-state index is 10.8. The van der Waals surface area contributed by atoms with Gasteiger partial charge < -0.3 is 4.74 Å². The quantitative estimate of drug-likeness (QED) is 0.402. The van der Waals surface area contributed by atoms with Crippen LogP contribution in [0.4, 0.5) is 0 Å². The summed E-state index contributed by atoms with van der Waals surface area (Å²) in [5, 5.41) is 0. The number of carbonyl (C=O) groups is 2. The molecule has 11 heavy (non-hydrogen) atoms. The molecule has 64 valence electrons. The third-order valence-corrected chi connectivity index (χ3v) is 1.74. The van der Waals surface area contributed by atoms with Crippen LogP contribution in [-0.4, -0.2) is 20.0 Å². The van der Waals surface area contributed by atoms with Crippen molar-refractivity contribution in [3.63, 3.8) is 0 Å². The Morgan fingerprint density at radius 1 is 1.36 bits per heavy atom. The van der Waals surface area contributed by atoms with Crippen LogP contribution in [-0.2, 0) is 14.3 Å². The van der Waals surface area contributed by atoms with Gasteiger partial charge in [-0.05, 0) is 47.8 Å². The molecule has 0 amide bonds. The number of hydrogen-bond acceptors (Lipinski definition) is 3. The lowest BCUT2D eigenvalue weighted by Crippen LogP contribution is -2.24. The number of hydrogen-bond donors (Lipinski definition) is 0. The van der Waals surface area contributed by atoms with Crippen LogP contribution in [0.25, 0.3) is 0 Å². The van der Waals surface area contributed by atoms with Gasteiger partial charge in [-0.25, -0.2) is 4.79 Å². The van der Waals surface area contributed by atoms with Gasteiger partial charge in [0.1, 0.15) is 5.88 Å². The Morgan fingerprint density at radius 2 is 1.82 bits per heavy atom. The Labute approximate surface area is 93.2 Å². The molecule has 0 aliphatic carbocycles. The van der Waals surface area contributed by atoms with E-state index in [4.69, 9.17) is 11.6 Å². The minimum Gasteiger partial charge on any atom is -0.390 e. The highest BCUT2D eigenvalue weighted by Crippen LogP contribution is 2.34. The molecule has 0 unspecified atom stereocenters. The number of rotatable bonds is 1. The molecule has 0 heterocycles. The van der Waals surface area contributed by atoms with Gasteiger partial charge in [0.2, 0.25) is 2.14 Å². The highest BCUT2D eigenvalue weighted by molar-refractivity contribution is 9.40. The second kappa shape index (κ2) is 4.79. The number of ether oxygens (including phenoxy) is 1. The molecule has 0 saturated carbocycles. The highest BCUT2D eigenvalue weighted by atomic mass is 80.0. The number of carbonyl (C=O) groups excluding carboxylic acids is 2. The van der Waals surface area contributed by atoms with Crippen LogP contribution >= 0.6 is 59.4 Å². The van der Waals surface area contributed by atoms with Crippen LogP contribution in [0.5, 0.6) is 0 Å². The lowest BCUT2D eigenvalue weighted by Gasteiger charge is -2.08. The summed E-state index contributed by atoms with van der Waals surface area (Å²) in [5.74, 6) is -1.95. The molecule has 0 rings (SSSR count). The molecule has 0 aromatic rings. The fourth-order valence-electron chi connectivity index (χ4n) is 0.189. The molecule has 0 aromatic heterocycles. The van der Waals surface area contributed by atoms with Crippen molar-refractivity contribution in [3.8, 4) is 0 Å². The molecule has 0 aromatic carbocycles. The van der Waals surface area contributed by atoms with Crippen molar-refractivity contribution in [1.29, 1.82) is 0 Å². The molecule has 0 aliphatic rings. The van der Waals surface area contributed by atoms with Gasteiger partial charge in [-0.3, -0.25) is 4.79 Å². The summed E-state index contributed by atoms with van der Waals surface area (Å²) in [6, 6.07) is 0. The zero-order valence-electron chi connectivity index (χ0n) is 4.94. The Bertz CT molecular complexity index is 176. The summed E-state index contributed by atoms with van der Waals surface area (Å²) in [5.41, 5.74) is 0. The van der Waals surface area contributed by atoms with Gasteiger partial charge in [0, 0.05) is 0 Å². The SMILES string of the molecule is O=C(CCl)OC(=O)C(Br)(Br)Br. The average molecular weight is 373 g/mol. The Hall–Kier alpha value is 0.870. The van der Waals surface area contributed by atoms with E-state index in [9.17, 15) is 9.59 Å². The zero-order chi connectivity index (χ0) is 9.07. The van der Waals surface area contributed by atoms with Crippen molar-refractivity contribution in [1.82, 2.24) is 0 Å². The molecule has 0 aliphatic heterocycles. The zero-order valence-corrected chi connectivity index (χ0v) is 10.5. The van der Waals surface area contributed by atoms with Crippen LogP contribution in [0.15, 0.2) is 0 Å². The van der Waals surface area contributed by atoms with Crippen molar-refractivity contribution in [2.75, 3.05) is 5.88 Å². The van der Waals surface area contributed by atoms with E-state index < -0.39 is 14.1 Å². The second-order valence-electron chi connectivity index (χ2n) is 1.39. The van der Waals surface area contributed by atoms with E-state index in [0.29, 0.717) is 0 Å². The molecule has 0 N–H and O–H groups in total. The highest BCUT2D eigenvalue weighted by Gasteiger charge is 2.32. The van der Waals surface area contributed by atoms with E-state index in [1.807, 2.05) is 0 Å². The van der Waals surface area contributed by atoms with Crippen molar-refractivity contribution in [3.05, 3.63) is 0 Å². The van der Waals surface area contributed by atoms with Crippen molar-refractivity contribution in [2.45, 2.75) is 2.14 Å². The van der Waals surface area contributed by atoms with Gasteiger partial charge in [-0.2, -0.15) is 0 Å². The summed E-state index contributed by atoms with van der Waals surface area (Å²) in [7, 11) is 0. The first-order valence-electron chi connectivity index (χ1n) is 2.25. The van der Waals surface area contributed by atoms with Gasteiger partial charge in [-0.15, -0.1) is 11.6 Å². The topological polar surface area (TPSA) is 43.4 Å². The fraction of sp³-hybridized carbons (Fsp3) is 0.500. The average Bonchev–Trinajstić information content (AvgIpc) is 1.85. The Morgan fingerprint density at radius 3 is 2.09 bits per heavy atom. The van der Waals surface area contributed by atoms with Crippen molar-refractivity contribution in [2.24, 2.45) is 0 Å². The lowest BCUT2D eigenvalue weighted by atomic mass is 10.7. The summed E-state index contributed by atoms with van der Waals surface area (Å²) >= 11 is 13.7. The van der Waals surface area contributed by atoms with Gasteiger partial charge in [0.15, 0.2) is 0 Å². The van der Waals surface area contributed by atoms with E-state index in [1.54, 1.807) is 0 Å². The summed E-state index contributed by atoms with van der Waals surface area (Å²) < 4.78 is 3.00. The first kappa shape index (κ1) is 11.9. The molecule has 7 heteroatoms. The molecular formula is C4H2Br3ClO3. The van der Waals surface area contributed by atoms with E-state index in [-0.39, 0.29) is 5.88 Å². The smallest absolute Gasteiger partial charge is 0.352 e. The Balaban J connectivity index is 3.99. The summed E-state index contributed by atoms with van der Waals surface area (Å²) in [6.07, 6.45) is 0. The molecule has 3 nitrogen and oxygen atoms in total. The second-order valence-corrected chi connectivity index (χ2v) is 8.42. The standard InChI is InChI=1S/C4H2Br3ClO3/c5-4(6,7)3(10)11-2(9)1-8/h1H2. The van der Waals surface area contributed by atoms with Gasteiger partial charge in [-0.1, -0.05) is 0 Å². The molecule has 0 fully saturated rings. The van der Waals surface area contributed by atoms with E-state index in [2.05, 4.69) is 52.5 Å². The van der Waals surface area contributed by atoms with E-state index >= 15 is 0 Å². The van der Waals surface area contributed by atoms with Gasteiger partial charge in [0.05, 0.1) is 0 Å². The van der Waals surface area contributed by atoms with Crippen LogP contribution in [0.3, 0.4) is 0 Å². The van der Waals surface area contributed by atoms with E-state index in [0.717, 1.165) is 0 Å². The minimum absolute atomic E-state index is 0.352. The van der Waals surface area contributed by atoms with Crippen LogP contribution < -0.4 is 0 Å². The van der Waals surface area contributed by atoms with Gasteiger partial charge >= 0.3 is 11.9 Å². The maximum atomic E-state index is 10.8. The summed E-state index contributed by atoms with van der Waals surface area (Å²) in [6.45, 7) is 0. The molecule has 0 saturated heterocycles. The van der Waals surface area contributed by atoms with Crippen LogP contribution in [0.1, 0.15) is 0 Å². The monoisotopic (exact) mass is 370 g/mol. The molecule has 0 spiro atoms. The first-order chi connectivity index (χ1) is 4.88. The van der Waals surface area contributed by atoms with Crippen LogP contribution in [0, 0.1) is 0 Å². The predicted octanol–water partition coefficient (Wildman–Crippen LogP) is 2.13. The number of alkyl halides is 4. The van der Waals surface area contributed by atoms with Crippen molar-refractivity contribution >= 4 is 71.3 Å². The fourth-order valence-corrected chi connectivity index (χ4v) is 0.486. The number of esters is 2. The molecule has 0 bridgehead atoms. The predicted molar refractivity (Wildman–Crippen MR) is 51.3 cm³/mol. The lowest BCUT2D eigenvalue weighted by molar-refractivity contribution is -0.156. The molecule has 0 radical (unpaired) electrons. The van der Waals surface area contributed by atoms with E-state index in [1.165, 1.54) is 0 Å². The number of halogens is 4. The maximum Gasteiger partial charge on any atom is 0.352 e. The largest absolute Gasteiger partial charge is 0.390 e. The normalized spacial score (nSPS) is 10.9. The van der Waals surface area contributed by atoms with Crippen molar-refractivity contribution < 1.29 is 14.3 Å². The van der Waals surface area contributed by atoms with Crippen LogP contribution in [0.2, 0.25) is 0 Å². The van der Waals surface area contributed by atoms with Gasteiger partial charge in [0.25, 0.3) is 0 Å². The minimum atomic E-state index is -1.21. The Kier molecular flexibility index (Phi) is 5.17. The molecular weight excluding hydrogens is 371 g/mol. The molecule has 0 atom stereocenters.